The first kappa shape index (κ1) is 16.5. The smallest absolute Gasteiger partial charge is 0.410 e. The van der Waals surface area contributed by atoms with Gasteiger partial charge in [0.15, 0.2) is 0 Å². The lowest BCUT2D eigenvalue weighted by molar-refractivity contribution is -0.131. The van der Waals surface area contributed by atoms with Gasteiger partial charge in [-0.1, -0.05) is 5.57 Å². The molecule has 1 saturated heterocycles. The number of carboxylic acid groups (broad SMARTS) is 1. The van der Waals surface area contributed by atoms with E-state index in [1.807, 2.05) is 20.8 Å². The molecule has 1 fully saturated rings. The van der Waals surface area contributed by atoms with E-state index < -0.39 is 11.6 Å². The number of carboxylic acids is 1. The maximum atomic E-state index is 11.9. The van der Waals surface area contributed by atoms with E-state index in [0.29, 0.717) is 19.6 Å². The van der Waals surface area contributed by atoms with Gasteiger partial charge in [-0.25, -0.2) is 9.59 Å². The van der Waals surface area contributed by atoms with Gasteiger partial charge in [0.05, 0.1) is 0 Å². The molecule has 6 nitrogen and oxygen atoms in total. The minimum Gasteiger partial charge on any atom is -0.478 e. The van der Waals surface area contributed by atoms with E-state index in [9.17, 15) is 9.59 Å². The van der Waals surface area contributed by atoms with Crippen LogP contribution >= 0.6 is 0 Å². The van der Waals surface area contributed by atoms with Gasteiger partial charge in [-0.3, -0.25) is 4.90 Å². The van der Waals surface area contributed by atoms with Gasteiger partial charge in [0.2, 0.25) is 0 Å². The lowest BCUT2D eigenvalue weighted by Crippen LogP contribution is -2.50. The highest BCUT2D eigenvalue weighted by Crippen LogP contribution is 2.12. The number of amides is 1. The molecule has 1 heterocycles. The fourth-order valence-electron chi connectivity index (χ4n) is 2.02. The topological polar surface area (TPSA) is 70.1 Å². The van der Waals surface area contributed by atoms with Crippen LogP contribution in [-0.2, 0) is 9.53 Å². The molecule has 0 atom stereocenters. The van der Waals surface area contributed by atoms with Crippen LogP contribution in [0.4, 0.5) is 4.79 Å². The largest absolute Gasteiger partial charge is 0.478 e. The van der Waals surface area contributed by atoms with E-state index >= 15 is 0 Å². The third-order valence-electron chi connectivity index (χ3n) is 2.87. The van der Waals surface area contributed by atoms with Gasteiger partial charge in [0, 0.05) is 38.8 Å². The van der Waals surface area contributed by atoms with Crippen molar-refractivity contribution in [3.8, 4) is 0 Å². The summed E-state index contributed by atoms with van der Waals surface area (Å²) in [5, 5.41) is 8.67. The maximum absolute atomic E-state index is 11.9. The van der Waals surface area contributed by atoms with Crippen LogP contribution in [0.3, 0.4) is 0 Å². The Balaban J connectivity index is 2.40. The summed E-state index contributed by atoms with van der Waals surface area (Å²) in [7, 11) is 0. The molecule has 1 amide bonds. The predicted molar refractivity (Wildman–Crippen MR) is 75.6 cm³/mol. The fraction of sp³-hybridized carbons (Fsp3) is 0.714. The summed E-state index contributed by atoms with van der Waals surface area (Å²) in [6.07, 6.45) is 0.940. The second-order valence-electron chi connectivity index (χ2n) is 6.07. The molecule has 0 bridgehead atoms. The number of rotatable bonds is 3. The number of nitrogens with zero attached hydrogens (tertiary/aromatic N) is 2. The Kier molecular flexibility index (Phi) is 5.56. The SMILES string of the molecule is CC(=CC(=O)O)CN1CCN(C(=O)OC(C)(C)C)CC1. The van der Waals surface area contributed by atoms with E-state index in [-0.39, 0.29) is 6.09 Å². The molecule has 0 aromatic carbocycles. The van der Waals surface area contributed by atoms with Gasteiger partial charge in [0.25, 0.3) is 0 Å². The van der Waals surface area contributed by atoms with Crippen molar-refractivity contribution < 1.29 is 19.4 Å². The fourth-order valence-corrected chi connectivity index (χ4v) is 2.02. The number of hydrogen-bond acceptors (Lipinski definition) is 4. The average Bonchev–Trinajstić information content (AvgIpc) is 2.26. The standard InChI is InChI=1S/C14H24N2O4/c1-11(9-12(17)18)10-15-5-7-16(8-6-15)13(19)20-14(2,3)4/h9H,5-8,10H2,1-4H3,(H,17,18). The van der Waals surface area contributed by atoms with Crippen molar-refractivity contribution in [2.45, 2.75) is 33.3 Å². The zero-order valence-electron chi connectivity index (χ0n) is 12.7. The molecule has 1 rings (SSSR count). The molecule has 0 aliphatic carbocycles. The number of ether oxygens (including phenoxy) is 1. The maximum Gasteiger partial charge on any atom is 0.410 e. The summed E-state index contributed by atoms with van der Waals surface area (Å²) in [5.74, 6) is -0.921. The average molecular weight is 284 g/mol. The number of carbonyl (C=O) groups is 2. The van der Waals surface area contributed by atoms with Crippen LogP contribution in [0.25, 0.3) is 0 Å². The molecule has 0 radical (unpaired) electrons. The molecular formula is C14H24N2O4. The molecule has 20 heavy (non-hydrogen) atoms. The molecule has 1 aliphatic rings. The third-order valence-corrected chi connectivity index (χ3v) is 2.87. The van der Waals surface area contributed by atoms with Crippen LogP contribution in [0.5, 0.6) is 0 Å². The minimum absolute atomic E-state index is 0.282. The molecule has 1 N–H and O–H groups in total. The summed E-state index contributed by atoms with van der Waals surface area (Å²) in [4.78, 5) is 26.3. The van der Waals surface area contributed by atoms with Crippen molar-refractivity contribution in [2.75, 3.05) is 32.7 Å². The van der Waals surface area contributed by atoms with Crippen molar-refractivity contribution in [1.29, 1.82) is 0 Å². The quantitative estimate of drug-likeness (QED) is 0.797. The Morgan fingerprint density at radius 1 is 1.20 bits per heavy atom. The van der Waals surface area contributed by atoms with E-state index in [1.165, 1.54) is 6.08 Å². The number of piperazine rings is 1. The van der Waals surface area contributed by atoms with Crippen LogP contribution in [0.1, 0.15) is 27.7 Å². The lowest BCUT2D eigenvalue weighted by Gasteiger charge is -2.35. The summed E-state index contributed by atoms with van der Waals surface area (Å²) < 4.78 is 5.33. The number of aliphatic carboxylic acids is 1. The van der Waals surface area contributed by atoms with E-state index in [1.54, 1.807) is 11.8 Å². The van der Waals surface area contributed by atoms with E-state index in [2.05, 4.69) is 4.90 Å². The van der Waals surface area contributed by atoms with Gasteiger partial charge in [-0.05, 0) is 27.7 Å². The molecular weight excluding hydrogens is 260 g/mol. The van der Waals surface area contributed by atoms with Gasteiger partial charge < -0.3 is 14.7 Å². The molecule has 0 unspecified atom stereocenters. The van der Waals surface area contributed by atoms with Crippen molar-refractivity contribution in [1.82, 2.24) is 9.80 Å². The Hall–Kier alpha value is -1.56. The Morgan fingerprint density at radius 2 is 1.75 bits per heavy atom. The van der Waals surface area contributed by atoms with Crippen LogP contribution < -0.4 is 0 Å². The third kappa shape index (κ3) is 6.06. The van der Waals surface area contributed by atoms with Gasteiger partial charge in [-0.2, -0.15) is 0 Å². The van der Waals surface area contributed by atoms with Gasteiger partial charge in [-0.15, -0.1) is 0 Å². The molecule has 0 spiro atoms. The first-order valence-corrected chi connectivity index (χ1v) is 6.78. The van der Waals surface area contributed by atoms with Crippen LogP contribution in [0, 0.1) is 0 Å². The second-order valence-corrected chi connectivity index (χ2v) is 6.07. The van der Waals surface area contributed by atoms with E-state index in [4.69, 9.17) is 9.84 Å². The van der Waals surface area contributed by atoms with Crippen molar-refractivity contribution in [3.05, 3.63) is 11.6 Å². The summed E-state index contributed by atoms with van der Waals surface area (Å²) in [5.41, 5.74) is 0.331. The summed E-state index contributed by atoms with van der Waals surface area (Å²) in [6.45, 7) is 10.6. The van der Waals surface area contributed by atoms with Crippen LogP contribution in [-0.4, -0.2) is 65.3 Å². The highest BCUT2D eigenvalue weighted by molar-refractivity contribution is 5.80. The molecule has 0 aromatic rings. The number of carbonyl (C=O) groups excluding carboxylic acids is 1. The Labute approximate surface area is 120 Å². The molecule has 0 aromatic heterocycles. The Bertz CT molecular complexity index is 390. The van der Waals surface area contributed by atoms with Crippen molar-refractivity contribution in [2.24, 2.45) is 0 Å². The first-order valence-electron chi connectivity index (χ1n) is 6.78. The van der Waals surface area contributed by atoms with Gasteiger partial charge >= 0.3 is 12.1 Å². The zero-order valence-corrected chi connectivity index (χ0v) is 12.7. The zero-order chi connectivity index (χ0) is 15.3. The van der Waals surface area contributed by atoms with Crippen LogP contribution in [0.15, 0.2) is 11.6 Å². The summed E-state index contributed by atoms with van der Waals surface area (Å²) >= 11 is 0. The van der Waals surface area contributed by atoms with E-state index in [0.717, 1.165) is 18.7 Å². The highest BCUT2D eigenvalue weighted by atomic mass is 16.6. The Morgan fingerprint density at radius 3 is 2.20 bits per heavy atom. The van der Waals surface area contributed by atoms with Crippen molar-refractivity contribution >= 4 is 12.1 Å². The predicted octanol–water partition coefficient (Wildman–Crippen LogP) is 1.57. The molecule has 114 valence electrons. The molecule has 0 saturated carbocycles. The van der Waals surface area contributed by atoms with Crippen LogP contribution in [0.2, 0.25) is 0 Å². The molecule has 1 aliphatic heterocycles. The van der Waals surface area contributed by atoms with Crippen molar-refractivity contribution in [3.63, 3.8) is 0 Å². The monoisotopic (exact) mass is 284 g/mol. The van der Waals surface area contributed by atoms with Gasteiger partial charge in [0.1, 0.15) is 5.60 Å². The first-order chi connectivity index (χ1) is 9.17. The normalized spacial score (nSPS) is 18.0. The number of hydrogen-bond donors (Lipinski definition) is 1. The second kappa shape index (κ2) is 6.74. The minimum atomic E-state index is -0.921. The molecule has 6 heteroatoms. The summed E-state index contributed by atoms with van der Waals surface area (Å²) in [6, 6.07) is 0. The highest BCUT2D eigenvalue weighted by Gasteiger charge is 2.25. The lowest BCUT2D eigenvalue weighted by atomic mass is 10.2.